The second kappa shape index (κ2) is 7.03. The number of aryl methyl sites for hydroxylation is 1. The fourth-order valence-corrected chi connectivity index (χ4v) is 1.42. The number of amides is 2. The van der Waals surface area contributed by atoms with Gasteiger partial charge in [0.05, 0.1) is 12.4 Å². The zero-order chi connectivity index (χ0) is 15.1. The first kappa shape index (κ1) is 15.4. The van der Waals surface area contributed by atoms with E-state index < -0.39 is 0 Å². The van der Waals surface area contributed by atoms with Crippen molar-refractivity contribution in [2.24, 2.45) is 10.2 Å². The Bertz CT molecular complexity index is 532. The molecular weight excluding hydrogens is 260 g/mol. The maximum atomic E-state index is 10.7. The molecule has 0 aliphatic carbocycles. The molecule has 0 saturated heterocycles. The van der Waals surface area contributed by atoms with Crippen LogP contribution in [-0.4, -0.2) is 29.4 Å². The van der Waals surface area contributed by atoms with Crippen molar-refractivity contribution in [1.29, 1.82) is 0 Å². The average Bonchev–Trinajstić information content (AvgIpc) is 2.33. The van der Waals surface area contributed by atoms with Crippen molar-refractivity contribution in [3.05, 3.63) is 28.8 Å². The zero-order valence-electron chi connectivity index (χ0n) is 11.5. The van der Waals surface area contributed by atoms with E-state index in [0.717, 1.165) is 5.56 Å². The molecular formula is C13H16N4O3. The van der Waals surface area contributed by atoms with Crippen molar-refractivity contribution in [3.63, 3.8) is 0 Å². The first-order valence-electron chi connectivity index (χ1n) is 5.83. The van der Waals surface area contributed by atoms with E-state index in [0.29, 0.717) is 11.1 Å². The molecule has 0 bridgehead atoms. The van der Waals surface area contributed by atoms with E-state index in [1.54, 1.807) is 12.1 Å². The average molecular weight is 276 g/mol. The molecule has 3 N–H and O–H groups in total. The number of rotatable bonds is 4. The number of carbonyl (C=O) groups excluding carboxylic acids is 2. The van der Waals surface area contributed by atoms with E-state index >= 15 is 0 Å². The van der Waals surface area contributed by atoms with Crippen LogP contribution in [0.3, 0.4) is 0 Å². The molecule has 7 heteroatoms. The zero-order valence-corrected chi connectivity index (χ0v) is 11.5. The van der Waals surface area contributed by atoms with Gasteiger partial charge < -0.3 is 5.11 Å². The van der Waals surface area contributed by atoms with E-state index in [4.69, 9.17) is 0 Å². The van der Waals surface area contributed by atoms with Gasteiger partial charge in [0.25, 0.3) is 0 Å². The molecule has 106 valence electrons. The molecule has 0 atom stereocenters. The van der Waals surface area contributed by atoms with Crippen molar-refractivity contribution in [2.75, 3.05) is 0 Å². The third kappa shape index (κ3) is 4.89. The van der Waals surface area contributed by atoms with E-state index in [2.05, 4.69) is 21.1 Å². The molecule has 0 aliphatic rings. The summed E-state index contributed by atoms with van der Waals surface area (Å²) in [7, 11) is 0. The summed E-state index contributed by atoms with van der Waals surface area (Å²) in [6.07, 6.45) is 2.67. The molecule has 0 saturated carbocycles. The lowest BCUT2D eigenvalue weighted by Gasteiger charge is -2.05. The van der Waals surface area contributed by atoms with Gasteiger partial charge in [0.2, 0.25) is 11.8 Å². The summed E-state index contributed by atoms with van der Waals surface area (Å²) >= 11 is 0. The number of hydrogen-bond acceptors (Lipinski definition) is 5. The lowest BCUT2D eigenvalue weighted by Crippen LogP contribution is -2.13. The van der Waals surface area contributed by atoms with Crippen molar-refractivity contribution < 1.29 is 14.7 Å². The van der Waals surface area contributed by atoms with Gasteiger partial charge in [-0.25, -0.2) is 10.9 Å². The molecule has 0 spiro atoms. The van der Waals surface area contributed by atoms with Gasteiger partial charge in [-0.1, -0.05) is 0 Å². The Morgan fingerprint density at radius 2 is 1.45 bits per heavy atom. The number of carbonyl (C=O) groups is 2. The molecule has 0 fully saturated rings. The summed E-state index contributed by atoms with van der Waals surface area (Å²) < 4.78 is 0. The molecule has 0 radical (unpaired) electrons. The highest BCUT2D eigenvalue weighted by atomic mass is 16.3. The van der Waals surface area contributed by atoms with Gasteiger partial charge in [-0.15, -0.1) is 0 Å². The van der Waals surface area contributed by atoms with Gasteiger partial charge >= 0.3 is 0 Å². The molecule has 1 rings (SSSR count). The summed E-state index contributed by atoms with van der Waals surface area (Å²) in [5, 5.41) is 17.4. The van der Waals surface area contributed by atoms with Crippen LogP contribution in [0.5, 0.6) is 5.75 Å². The Morgan fingerprint density at radius 3 is 1.80 bits per heavy atom. The van der Waals surface area contributed by atoms with Gasteiger partial charge in [-0.3, -0.25) is 9.59 Å². The molecule has 0 heterocycles. The predicted molar refractivity (Wildman–Crippen MR) is 75.7 cm³/mol. The van der Waals surface area contributed by atoms with Crippen molar-refractivity contribution in [1.82, 2.24) is 10.9 Å². The third-order valence-electron chi connectivity index (χ3n) is 2.16. The minimum Gasteiger partial charge on any atom is -0.507 e. The first-order chi connectivity index (χ1) is 9.40. The second-order valence-corrected chi connectivity index (χ2v) is 4.14. The number of phenolic OH excluding ortho intramolecular Hbond substituents is 1. The topological polar surface area (TPSA) is 103 Å². The Labute approximate surface area is 116 Å². The largest absolute Gasteiger partial charge is 0.507 e. The quantitative estimate of drug-likeness (QED) is 0.555. The number of aromatic hydroxyl groups is 1. The summed E-state index contributed by atoms with van der Waals surface area (Å²) in [6, 6.07) is 3.41. The monoisotopic (exact) mass is 276 g/mol. The highest BCUT2D eigenvalue weighted by Crippen LogP contribution is 2.21. The lowest BCUT2D eigenvalue weighted by molar-refractivity contribution is -0.119. The van der Waals surface area contributed by atoms with E-state index in [-0.39, 0.29) is 17.6 Å². The van der Waals surface area contributed by atoms with Gasteiger partial charge in [0.15, 0.2) is 0 Å². The van der Waals surface area contributed by atoms with Crippen LogP contribution in [0.2, 0.25) is 0 Å². The smallest absolute Gasteiger partial charge is 0.236 e. The van der Waals surface area contributed by atoms with Crippen LogP contribution in [-0.2, 0) is 9.59 Å². The lowest BCUT2D eigenvalue weighted by atomic mass is 10.1. The van der Waals surface area contributed by atoms with E-state index in [1.807, 2.05) is 6.92 Å². The van der Waals surface area contributed by atoms with Gasteiger partial charge in [-0.05, 0) is 24.6 Å². The molecule has 2 amide bonds. The number of hydrogen-bond donors (Lipinski definition) is 3. The molecule has 0 unspecified atom stereocenters. The van der Waals surface area contributed by atoms with Crippen LogP contribution >= 0.6 is 0 Å². The highest BCUT2D eigenvalue weighted by molar-refractivity contribution is 5.93. The molecule has 20 heavy (non-hydrogen) atoms. The van der Waals surface area contributed by atoms with E-state index in [9.17, 15) is 14.7 Å². The first-order valence-corrected chi connectivity index (χ1v) is 5.83. The molecule has 7 nitrogen and oxygen atoms in total. The van der Waals surface area contributed by atoms with Gasteiger partial charge in [0.1, 0.15) is 5.75 Å². The maximum Gasteiger partial charge on any atom is 0.236 e. The summed E-state index contributed by atoms with van der Waals surface area (Å²) in [5.74, 6) is -0.652. The van der Waals surface area contributed by atoms with Crippen LogP contribution in [0.1, 0.15) is 30.5 Å². The predicted octanol–water partition coefficient (Wildman–Crippen LogP) is 0.641. The number of benzene rings is 1. The van der Waals surface area contributed by atoms with Crippen LogP contribution < -0.4 is 10.9 Å². The number of hydrazone groups is 2. The molecule has 1 aromatic rings. The minimum atomic E-state index is -0.305. The van der Waals surface area contributed by atoms with E-state index in [1.165, 1.54) is 26.3 Å². The van der Waals surface area contributed by atoms with Crippen LogP contribution in [0.15, 0.2) is 22.3 Å². The van der Waals surface area contributed by atoms with Crippen LogP contribution in [0, 0.1) is 6.92 Å². The standard InChI is InChI=1S/C13H16N4O3/c1-8-4-11(6-14-16-9(2)18)13(20)12(5-8)7-15-17-10(3)19/h4-7,20H,1-3H3,(H,16,18)(H,17,19)/b14-6-,15-7+. The maximum absolute atomic E-state index is 10.7. The number of nitrogens with one attached hydrogen (secondary N) is 2. The molecule has 0 aliphatic heterocycles. The Balaban J connectivity index is 3.00. The Morgan fingerprint density at radius 1 is 1.05 bits per heavy atom. The third-order valence-corrected chi connectivity index (χ3v) is 2.16. The fourth-order valence-electron chi connectivity index (χ4n) is 1.42. The minimum absolute atomic E-state index is 0.0428. The Kier molecular flexibility index (Phi) is 5.40. The van der Waals surface area contributed by atoms with Crippen LogP contribution in [0.4, 0.5) is 0 Å². The summed E-state index contributed by atoms with van der Waals surface area (Å²) in [4.78, 5) is 21.4. The van der Waals surface area contributed by atoms with Gasteiger partial charge in [-0.2, -0.15) is 10.2 Å². The number of phenols is 1. The summed E-state index contributed by atoms with van der Waals surface area (Å²) in [5.41, 5.74) is 6.23. The molecule has 1 aromatic carbocycles. The normalized spacial score (nSPS) is 10.9. The fraction of sp³-hybridized carbons (Fsp3) is 0.231. The number of nitrogens with zero attached hydrogens (tertiary/aromatic N) is 2. The summed E-state index contributed by atoms with van der Waals surface area (Å²) in [6.45, 7) is 4.50. The SMILES string of the molecule is CC(=O)N/N=C\c1cc(C)cc(/C=N/NC(C)=O)c1O. The van der Waals surface area contributed by atoms with Crippen molar-refractivity contribution >= 4 is 24.2 Å². The van der Waals surface area contributed by atoms with Gasteiger partial charge in [0, 0.05) is 25.0 Å². The molecule has 0 aromatic heterocycles. The highest BCUT2D eigenvalue weighted by Gasteiger charge is 2.05. The van der Waals surface area contributed by atoms with Crippen molar-refractivity contribution in [3.8, 4) is 5.75 Å². The Hall–Kier alpha value is -2.70. The second-order valence-electron chi connectivity index (χ2n) is 4.14. The van der Waals surface area contributed by atoms with Crippen molar-refractivity contribution in [2.45, 2.75) is 20.8 Å². The van der Waals surface area contributed by atoms with Crippen LogP contribution in [0.25, 0.3) is 0 Å².